The third-order valence-electron chi connectivity index (χ3n) is 10.9. The van der Waals surface area contributed by atoms with Gasteiger partial charge in [-0.2, -0.15) is 4.98 Å². The van der Waals surface area contributed by atoms with Gasteiger partial charge in [0.25, 0.3) is 11.5 Å². The number of ether oxygens (including phenoxy) is 6. The summed E-state index contributed by atoms with van der Waals surface area (Å²) in [6, 6.07) is 7.69. The quantitative estimate of drug-likeness (QED) is 0.0874. The van der Waals surface area contributed by atoms with Gasteiger partial charge in [-0.15, -0.1) is 12.4 Å². The number of H-pyrrole nitrogens is 1. The van der Waals surface area contributed by atoms with Crippen molar-refractivity contribution in [1.82, 2.24) is 30.2 Å². The van der Waals surface area contributed by atoms with Crippen molar-refractivity contribution in [1.29, 1.82) is 0 Å². The van der Waals surface area contributed by atoms with Gasteiger partial charge in [0.2, 0.25) is 24.4 Å². The van der Waals surface area contributed by atoms with Crippen LogP contribution < -0.4 is 50.9 Å². The van der Waals surface area contributed by atoms with Crippen LogP contribution in [0.25, 0.3) is 11.2 Å². The maximum atomic E-state index is 13.7. The van der Waals surface area contributed by atoms with Gasteiger partial charge in [-0.3, -0.25) is 24.3 Å². The summed E-state index contributed by atoms with van der Waals surface area (Å²) in [6.07, 6.45) is 0.535. The van der Waals surface area contributed by atoms with E-state index in [1.54, 1.807) is 24.3 Å². The number of fused-ring (bicyclic) bond motifs is 4. The number of rotatable bonds is 14. The largest absolute Gasteiger partial charge is 0.493 e. The molecule has 3 atom stereocenters. The summed E-state index contributed by atoms with van der Waals surface area (Å²) in [4.78, 5) is 81.6. The third-order valence-corrected chi connectivity index (χ3v) is 10.9. The number of nitrogens with two attached hydrogens (primary N) is 1. The van der Waals surface area contributed by atoms with Crippen LogP contribution in [0.5, 0.6) is 28.7 Å². The molecule has 3 aromatic carbocycles. The number of cyclic esters (lactones) is 1. The zero-order valence-electron chi connectivity index (χ0n) is 34.2. The molecule has 0 fully saturated rings. The molecule has 0 aliphatic carbocycles. The highest BCUT2D eigenvalue weighted by Gasteiger charge is 2.47. The Hall–Kier alpha value is -7.39. The molecular weight excluding hydrogens is 846 g/mol. The summed E-state index contributed by atoms with van der Waals surface area (Å²) in [6.45, 7) is 0.520. The van der Waals surface area contributed by atoms with Crippen molar-refractivity contribution in [3.05, 3.63) is 86.5 Å². The fourth-order valence-electron chi connectivity index (χ4n) is 7.93. The van der Waals surface area contributed by atoms with Gasteiger partial charge < -0.3 is 55.2 Å². The van der Waals surface area contributed by atoms with E-state index >= 15 is 0 Å². The number of amides is 2. The lowest BCUT2D eigenvalue weighted by molar-refractivity contribution is -0.139. The van der Waals surface area contributed by atoms with Gasteiger partial charge in [-0.05, 0) is 55.8 Å². The number of hydrogen-bond donors (Lipinski definition) is 6. The Balaban J connectivity index is 0.00000595. The summed E-state index contributed by atoms with van der Waals surface area (Å²) >= 11 is 0. The Kier molecular flexibility index (Phi) is 12.4. The van der Waals surface area contributed by atoms with E-state index in [0.29, 0.717) is 58.2 Å². The Labute approximate surface area is 364 Å². The number of hydrogen-bond acceptors (Lipinski definition) is 17. The molecule has 22 heteroatoms. The minimum atomic E-state index is -1.41. The number of anilines is 3. The van der Waals surface area contributed by atoms with E-state index in [-0.39, 0.29) is 84.1 Å². The van der Waals surface area contributed by atoms with E-state index in [1.807, 2.05) is 11.9 Å². The van der Waals surface area contributed by atoms with Gasteiger partial charge in [0.1, 0.15) is 17.7 Å². The molecule has 3 aliphatic rings. The van der Waals surface area contributed by atoms with Crippen molar-refractivity contribution in [2.24, 2.45) is 0 Å². The van der Waals surface area contributed by atoms with E-state index < -0.39 is 47.5 Å². The van der Waals surface area contributed by atoms with Crippen molar-refractivity contribution in [2.45, 2.75) is 44.0 Å². The van der Waals surface area contributed by atoms with E-state index in [2.05, 4.69) is 35.9 Å². The first kappa shape index (κ1) is 43.7. The molecule has 5 heterocycles. The fourth-order valence-corrected chi connectivity index (χ4v) is 7.93. The zero-order chi connectivity index (χ0) is 43.8. The lowest BCUT2D eigenvalue weighted by Crippen LogP contribution is -2.41. The number of aromatic amines is 1. The molecule has 0 bridgehead atoms. The van der Waals surface area contributed by atoms with Crippen LogP contribution in [0.3, 0.4) is 0 Å². The second-order valence-electron chi connectivity index (χ2n) is 14.5. The Morgan fingerprint density at radius 1 is 1.02 bits per heavy atom. The topological polar surface area (TPSA) is 281 Å². The minimum absolute atomic E-state index is 0. The zero-order valence-corrected chi connectivity index (χ0v) is 35.0. The van der Waals surface area contributed by atoms with E-state index in [9.17, 15) is 29.1 Å². The number of esters is 1. The number of halogens is 1. The molecule has 21 nitrogen and oxygen atoms in total. The highest BCUT2D eigenvalue weighted by molar-refractivity contribution is 5.99. The van der Waals surface area contributed by atoms with Gasteiger partial charge in [0, 0.05) is 35.3 Å². The molecule has 0 saturated carbocycles. The molecule has 0 saturated heterocycles. The Morgan fingerprint density at radius 3 is 2.48 bits per heavy atom. The number of nitrogen functional groups attached to an aromatic ring is 1. The van der Waals surface area contributed by atoms with Crippen LogP contribution in [-0.2, 0) is 27.3 Å². The number of aliphatic carboxylic acids is 1. The number of nitrogens with one attached hydrogen (secondary N) is 4. The molecular formula is C41H42ClN9O12. The van der Waals surface area contributed by atoms with E-state index in [4.69, 9.17) is 34.2 Å². The Bertz CT molecular complexity index is 2700. The maximum Gasteiger partial charge on any atom is 0.343 e. The van der Waals surface area contributed by atoms with E-state index in [1.165, 1.54) is 39.7 Å². The van der Waals surface area contributed by atoms with Crippen molar-refractivity contribution >= 4 is 64.6 Å². The standard InChI is InChI=1S/C41H41N9O12.ClH/c1-50-14-13-21-26(30(50)31-22-9-11-24(57-2)32(58-3)27(22)40(56)62-31)33(59-4)35-34(60-17-61-35)28(21)47-25(51)12-10-23(39(54)55)46-37(52)18-5-7-19(8-6-18)43-15-20-16-44-36-29(45-20)38(53)49-41(42)48-36;/h5-9,11,16,23,30-31,43H,10,12-15,17H2,1-4H3,(H,46,52)(H,47,51)(H,54,55)(H3,42,44,48,49,53);1H. The van der Waals surface area contributed by atoms with Crippen molar-refractivity contribution in [3.63, 3.8) is 0 Å². The first-order valence-electron chi connectivity index (χ1n) is 19.3. The number of carbonyl (C=O) groups excluding carboxylic acids is 3. The van der Waals surface area contributed by atoms with Gasteiger partial charge in [-0.25, -0.2) is 19.6 Å². The summed E-state index contributed by atoms with van der Waals surface area (Å²) in [5.41, 5.74) is 8.85. The molecule has 5 aromatic rings. The number of likely N-dealkylation sites (N-methyl/N-ethyl adjacent to an activating group) is 1. The van der Waals surface area contributed by atoms with Gasteiger partial charge in [-0.1, -0.05) is 6.07 Å². The molecule has 2 amide bonds. The smallest absolute Gasteiger partial charge is 0.343 e. The molecule has 3 unspecified atom stereocenters. The highest BCUT2D eigenvalue weighted by Crippen LogP contribution is 2.58. The number of carboxylic acids is 1. The van der Waals surface area contributed by atoms with Gasteiger partial charge in [0.05, 0.1) is 51.5 Å². The van der Waals surface area contributed by atoms with Crippen LogP contribution in [0.2, 0.25) is 0 Å². The fraction of sp³-hybridized carbons (Fsp3) is 0.317. The Morgan fingerprint density at radius 2 is 1.76 bits per heavy atom. The molecule has 63 heavy (non-hydrogen) atoms. The van der Waals surface area contributed by atoms with Gasteiger partial charge >= 0.3 is 11.9 Å². The third kappa shape index (κ3) is 8.22. The number of nitrogens with zero attached hydrogens (tertiary/aromatic N) is 4. The number of benzene rings is 3. The lowest BCUT2D eigenvalue weighted by atomic mass is 9.84. The lowest BCUT2D eigenvalue weighted by Gasteiger charge is -2.39. The minimum Gasteiger partial charge on any atom is -0.493 e. The predicted octanol–water partition coefficient (Wildman–Crippen LogP) is 3.13. The summed E-state index contributed by atoms with van der Waals surface area (Å²) in [5.74, 6) is -1.72. The van der Waals surface area contributed by atoms with E-state index in [0.717, 1.165) is 0 Å². The molecule has 330 valence electrons. The normalized spacial score (nSPS) is 16.5. The first-order chi connectivity index (χ1) is 29.9. The maximum absolute atomic E-state index is 13.7. The summed E-state index contributed by atoms with van der Waals surface area (Å²) in [5, 5.41) is 18.6. The summed E-state index contributed by atoms with van der Waals surface area (Å²) < 4.78 is 34.7. The molecule has 0 spiro atoms. The number of carbonyl (C=O) groups is 4. The second kappa shape index (κ2) is 17.9. The first-order valence-corrected chi connectivity index (χ1v) is 19.3. The van der Waals surface area contributed by atoms with Crippen LogP contribution >= 0.6 is 12.4 Å². The molecule has 8 rings (SSSR count). The average Bonchev–Trinajstić information content (AvgIpc) is 3.88. The molecule has 3 aliphatic heterocycles. The van der Waals surface area contributed by atoms with Crippen molar-refractivity contribution in [3.8, 4) is 28.7 Å². The molecule has 2 aromatic heterocycles. The van der Waals surface area contributed by atoms with Crippen LogP contribution in [0, 0.1) is 0 Å². The van der Waals surface area contributed by atoms with Crippen LogP contribution in [0.4, 0.5) is 17.3 Å². The molecule has 0 radical (unpaired) electrons. The highest BCUT2D eigenvalue weighted by atomic mass is 35.5. The number of carboxylic acid groups (broad SMARTS) is 1. The number of methoxy groups -OCH3 is 3. The second-order valence-corrected chi connectivity index (χ2v) is 14.5. The predicted molar refractivity (Wildman–Crippen MR) is 226 cm³/mol. The van der Waals surface area contributed by atoms with Crippen LogP contribution in [-0.4, -0.2) is 101 Å². The molecule has 7 N–H and O–H groups in total. The van der Waals surface area contributed by atoms with Crippen molar-refractivity contribution < 1.29 is 52.7 Å². The SMILES string of the molecule is COc1ccc2c(c1OC)C(=O)OC2C1c2c(c(NC(=O)CCC(NC(=O)c3ccc(NCc4cnc5nc(N)[nH]c(=O)c5n4)cc3)C(=O)O)c3c(c2OC)OCO3)CCN1C.Cl. The van der Waals surface area contributed by atoms with Crippen LogP contribution in [0.15, 0.2) is 47.4 Å². The van der Waals surface area contributed by atoms with Crippen molar-refractivity contribution in [2.75, 3.05) is 58.1 Å². The number of aromatic nitrogens is 4. The van der Waals surface area contributed by atoms with Crippen LogP contribution in [0.1, 0.15) is 68.1 Å². The van der Waals surface area contributed by atoms with Gasteiger partial charge in [0.15, 0.2) is 34.2 Å². The summed E-state index contributed by atoms with van der Waals surface area (Å²) in [7, 11) is 6.29. The average molecular weight is 888 g/mol. The monoisotopic (exact) mass is 887 g/mol.